The first-order valence-corrected chi connectivity index (χ1v) is 10.2. The summed E-state index contributed by atoms with van der Waals surface area (Å²) in [6.45, 7) is 3.43. The molecule has 1 aromatic rings. The number of benzene rings is 1. The van der Waals surface area contributed by atoms with Crippen molar-refractivity contribution in [1.82, 2.24) is 10.2 Å². The van der Waals surface area contributed by atoms with Crippen LogP contribution in [0.25, 0.3) is 6.08 Å². The molecule has 0 atom stereocenters. The van der Waals surface area contributed by atoms with Crippen molar-refractivity contribution in [3.63, 3.8) is 0 Å². The second-order valence-electron chi connectivity index (χ2n) is 5.17. The Kier molecular flexibility index (Phi) is 5.63. The molecule has 0 radical (unpaired) electrons. The van der Waals surface area contributed by atoms with Crippen molar-refractivity contribution in [3.8, 4) is 0 Å². The fraction of sp³-hybridized carbons (Fsp3) is 0.0714. The van der Waals surface area contributed by atoms with Gasteiger partial charge in [0.1, 0.15) is 10.5 Å². The Labute approximate surface area is 159 Å². The normalized spacial score (nSPS) is 17.2. The smallest absolute Gasteiger partial charge is 0.295 e. The Hall–Kier alpha value is -2.45. The van der Waals surface area contributed by atoms with Gasteiger partial charge in [-0.3, -0.25) is 28.9 Å². The minimum Gasteiger partial charge on any atom is -0.298 e. The summed E-state index contributed by atoms with van der Waals surface area (Å²) in [5.41, 5.74) is -0.857. The Morgan fingerprint density at radius 2 is 1.78 bits per heavy atom. The lowest BCUT2D eigenvalue weighted by molar-refractivity contribution is -0.128. The molecule has 0 saturated carbocycles. The molecule has 0 aliphatic carbocycles. The van der Waals surface area contributed by atoms with Crippen molar-refractivity contribution in [1.29, 1.82) is 0 Å². The molecule has 2 rings (SSSR count). The van der Waals surface area contributed by atoms with E-state index < -0.39 is 47.4 Å². The second kappa shape index (κ2) is 7.28. The summed E-state index contributed by atoms with van der Waals surface area (Å²) in [5.74, 6) is -1.76. The maximum absolute atomic E-state index is 12.4. The molecule has 13 heteroatoms. The summed E-state index contributed by atoms with van der Waals surface area (Å²) < 4.78 is 63.9. The lowest BCUT2D eigenvalue weighted by atomic mass is 10.1. The molecule has 10 nitrogen and oxygen atoms in total. The molecule has 1 aliphatic rings. The maximum Gasteiger partial charge on any atom is 0.295 e. The van der Waals surface area contributed by atoms with Crippen LogP contribution < -0.4 is 5.32 Å². The minimum absolute atomic E-state index is 0.0257. The number of nitrogens with one attached hydrogen (secondary N) is 1. The van der Waals surface area contributed by atoms with Gasteiger partial charge in [-0.2, -0.15) is 16.8 Å². The number of rotatable bonds is 5. The van der Waals surface area contributed by atoms with Crippen molar-refractivity contribution < 1.29 is 35.5 Å². The SMILES string of the molecule is C=CCN1C(=O)C(=Cc2ccc(S(=O)(=O)O)cc2S(=O)(=O)O)C(=O)NC1=S. The van der Waals surface area contributed by atoms with Crippen LogP contribution in [0.3, 0.4) is 0 Å². The molecule has 144 valence electrons. The van der Waals surface area contributed by atoms with E-state index in [2.05, 4.69) is 11.9 Å². The number of hydrogen-bond acceptors (Lipinski definition) is 7. The van der Waals surface area contributed by atoms with E-state index in [1.165, 1.54) is 6.08 Å². The predicted molar refractivity (Wildman–Crippen MR) is 96.7 cm³/mol. The molecular weight excluding hydrogens is 420 g/mol. The molecule has 0 unspecified atom stereocenters. The van der Waals surface area contributed by atoms with Crippen molar-refractivity contribution in [3.05, 3.63) is 42.0 Å². The van der Waals surface area contributed by atoms with E-state index in [1.54, 1.807) is 0 Å². The number of thiocarbonyl (C=S) groups is 1. The topological polar surface area (TPSA) is 158 Å². The standard InChI is InChI=1S/C14H12N2O8S3/c1-2-5-16-13(18)10(12(17)15-14(16)25)6-8-3-4-9(26(19,20)21)7-11(8)27(22,23)24/h2-4,6-7H,1,5H2,(H,15,17,25)(H,19,20,21)(H,22,23,24). The Bertz CT molecular complexity index is 1100. The van der Waals surface area contributed by atoms with Crippen LogP contribution in [0.4, 0.5) is 0 Å². The van der Waals surface area contributed by atoms with Crippen molar-refractivity contribution in [2.45, 2.75) is 9.79 Å². The fourth-order valence-corrected chi connectivity index (χ4v) is 3.69. The first kappa shape index (κ1) is 20.9. The van der Waals surface area contributed by atoms with E-state index in [0.29, 0.717) is 6.07 Å². The maximum atomic E-state index is 12.4. The number of carbonyl (C=O) groups is 2. The van der Waals surface area contributed by atoms with Gasteiger partial charge >= 0.3 is 0 Å². The molecule has 27 heavy (non-hydrogen) atoms. The molecule has 1 aliphatic heterocycles. The molecule has 0 spiro atoms. The largest absolute Gasteiger partial charge is 0.298 e. The van der Waals surface area contributed by atoms with Crippen LogP contribution >= 0.6 is 12.2 Å². The summed E-state index contributed by atoms with van der Waals surface area (Å²) in [7, 11) is -9.71. The van der Waals surface area contributed by atoms with E-state index in [1.807, 2.05) is 0 Å². The monoisotopic (exact) mass is 432 g/mol. The summed E-state index contributed by atoms with van der Waals surface area (Å²) in [4.78, 5) is 23.8. The van der Waals surface area contributed by atoms with Crippen LogP contribution in [0.1, 0.15) is 5.56 Å². The van der Waals surface area contributed by atoms with Crippen molar-refractivity contribution in [2.75, 3.05) is 6.54 Å². The lowest BCUT2D eigenvalue weighted by Gasteiger charge is -2.27. The van der Waals surface area contributed by atoms with Crippen LogP contribution in [-0.2, 0) is 29.8 Å². The summed E-state index contributed by atoms with van der Waals surface area (Å²) in [5, 5.41) is 2.07. The summed E-state index contributed by atoms with van der Waals surface area (Å²) in [6.07, 6.45) is 2.20. The van der Waals surface area contributed by atoms with E-state index in [4.69, 9.17) is 16.8 Å². The van der Waals surface area contributed by atoms with Gasteiger partial charge in [0.25, 0.3) is 32.1 Å². The highest BCUT2D eigenvalue weighted by Gasteiger charge is 2.33. The number of amides is 2. The summed E-state index contributed by atoms with van der Waals surface area (Å²) >= 11 is 4.88. The molecule has 1 heterocycles. The Morgan fingerprint density at radius 3 is 2.30 bits per heavy atom. The lowest BCUT2D eigenvalue weighted by Crippen LogP contribution is -2.53. The predicted octanol–water partition coefficient (Wildman–Crippen LogP) is -0.00730. The van der Waals surface area contributed by atoms with Crippen LogP contribution in [0.2, 0.25) is 0 Å². The molecule has 2 amide bonds. The van der Waals surface area contributed by atoms with Crippen molar-refractivity contribution >= 4 is 55.5 Å². The minimum atomic E-state index is -4.96. The highest BCUT2D eigenvalue weighted by atomic mass is 32.2. The number of nitrogens with zero attached hydrogens (tertiary/aromatic N) is 1. The van der Waals surface area contributed by atoms with Gasteiger partial charge in [0, 0.05) is 6.54 Å². The third kappa shape index (κ3) is 4.45. The van der Waals surface area contributed by atoms with E-state index >= 15 is 0 Å². The van der Waals surface area contributed by atoms with Gasteiger partial charge in [0.15, 0.2) is 5.11 Å². The highest BCUT2D eigenvalue weighted by Crippen LogP contribution is 2.24. The Morgan fingerprint density at radius 1 is 1.15 bits per heavy atom. The molecule has 1 saturated heterocycles. The summed E-state index contributed by atoms with van der Waals surface area (Å²) in [6, 6.07) is 2.24. The van der Waals surface area contributed by atoms with Crippen LogP contribution in [0.5, 0.6) is 0 Å². The quantitative estimate of drug-likeness (QED) is 0.191. The Balaban J connectivity index is 2.67. The first-order chi connectivity index (χ1) is 12.4. The van der Waals surface area contributed by atoms with Gasteiger partial charge in [0.05, 0.1) is 4.90 Å². The zero-order chi connectivity index (χ0) is 20.6. The molecule has 1 aromatic carbocycles. The molecule has 0 bridgehead atoms. The molecular formula is C14H12N2O8S3. The zero-order valence-corrected chi connectivity index (χ0v) is 15.8. The third-order valence-electron chi connectivity index (χ3n) is 3.36. The second-order valence-corrected chi connectivity index (χ2v) is 8.37. The van der Waals surface area contributed by atoms with Gasteiger partial charge in [-0.05, 0) is 36.0 Å². The average Bonchev–Trinajstić information content (AvgIpc) is 2.53. The van der Waals surface area contributed by atoms with E-state index in [9.17, 15) is 31.0 Å². The van der Waals surface area contributed by atoms with Crippen LogP contribution in [0.15, 0.2) is 46.2 Å². The van der Waals surface area contributed by atoms with Gasteiger partial charge in [0.2, 0.25) is 0 Å². The van der Waals surface area contributed by atoms with Crippen molar-refractivity contribution in [2.24, 2.45) is 0 Å². The number of carbonyl (C=O) groups excluding carboxylic acids is 2. The van der Waals surface area contributed by atoms with E-state index in [-0.39, 0.29) is 17.2 Å². The van der Waals surface area contributed by atoms with Crippen LogP contribution in [0, 0.1) is 0 Å². The van der Waals surface area contributed by atoms with Gasteiger partial charge in [-0.15, -0.1) is 6.58 Å². The average molecular weight is 432 g/mol. The van der Waals surface area contributed by atoms with Gasteiger partial charge in [-0.1, -0.05) is 12.1 Å². The van der Waals surface area contributed by atoms with Crippen LogP contribution in [-0.4, -0.2) is 54.3 Å². The molecule has 1 fully saturated rings. The molecule has 0 aromatic heterocycles. The first-order valence-electron chi connectivity index (χ1n) is 6.95. The fourth-order valence-electron chi connectivity index (χ4n) is 2.16. The zero-order valence-electron chi connectivity index (χ0n) is 13.3. The highest BCUT2D eigenvalue weighted by molar-refractivity contribution is 7.86. The van der Waals surface area contributed by atoms with Gasteiger partial charge < -0.3 is 0 Å². The van der Waals surface area contributed by atoms with Gasteiger partial charge in [-0.25, -0.2) is 0 Å². The van der Waals surface area contributed by atoms with E-state index in [0.717, 1.165) is 23.1 Å². The third-order valence-corrected chi connectivity index (χ3v) is 5.44. The molecule has 3 N–H and O–H groups in total. The number of hydrogen-bond donors (Lipinski definition) is 3.